The number of imidazole rings is 1. The predicted molar refractivity (Wildman–Crippen MR) is 64.6 cm³/mol. The van der Waals surface area contributed by atoms with Crippen molar-refractivity contribution in [2.24, 2.45) is 0 Å². The largest absolute Gasteiger partial charge is 0.356 e. The number of aryl methyl sites for hydroxylation is 2. The van der Waals surface area contributed by atoms with E-state index in [2.05, 4.69) is 25.6 Å². The molecule has 2 heterocycles. The van der Waals surface area contributed by atoms with E-state index < -0.39 is 0 Å². The van der Waals surface area contributed by atoms with E-state index in [1.165, 1.54) is 0 Å². The van der Waals surface area contributed by atoms with Crippen LogP contribution in [0.2, 0.25) is 0 Å². The Morgan fingerprint density at radius 2 is 2.39 bits per heavy atom. The number of nitrogens with zero attached hydrogens (tertiary/aromatic N) is 4. The van der Waals surface area contributed by atoms with Crippen LogP contribution < -0.4 is 5.32 Å². The van der Waals surface area contributed by atoms with E-state index in [1.807, 2.05) is 0 Å². The monoisotopic (exact) mass is 248 g/mol. The number of amides is 1. The molecule has 18 heavy (non-hydrogen) atoms. The average Bonchev–Trinajstić information content (AvgIpc) is 3.04. The van der Waals surface area contributed by atoms with E-state index in [0.29, 0.717) is 19.5 Å². The van der Waals surface area contributed by atoms with Gasteiger partial charge in [-0.15, -0.1) is 5.10 Å². The third-order valence-corrected chi connectivity index (χ3v) is 2.51. The van der Waals surface area contributed by atoms with Crippen molar-refractivity contribution in [1.29, 1.82) is 0 Å². The van der Waals surface area contributed by atoms with Crippen LogP contribution in [0.3, 0.4) is 0 Å². The minimum absolute atomic E-state index is 0.0324. The van der Waals surface area contributed by atoms with Gasteiger partial charge in [-0.3, -0.25) is 9.48 Å². The molecular formula is C11H16N6O. The molecule has 0 radical (unpaired) electrons. The maximum absolute atomic E-state index is 11.5. The first kappa shape index (κ1) is 12.3. The highest BCUT2D eigenvalue weighted by atomic mass is 16.1. The Balaban J connectivity index is 1.55. The van der Waals surface area contributed by atoms with Crippen LogP contribution in [0.1, 0.15) is 18.7 Å². The summed E-state index contributed by atoms with van der Waals surface area (Å²) in [5.41, 5.74) is 0. The van der Waals surface area contributed by atoms with Crippen molar-refractivity contribution >= 4 is 5.91 Å². The van der Waals surface area contributed by atoms with Crippen LogP contribution in [0, 0.1) is 0 Å². The van der Waals surface area contributed by atoms with E-state index in [1.54, 1.807) is 29.5 Å². The summed E-state index contributed by atoms with van der Waals surface area (Å²) in [6.45, 7) is 1.22. The van der Waals surface area contributed by atoms with E-state index in [0.717, 1.165) is 18.7 Å². The first-order valence-corrected chi connectivity index (χ1v) is 5.93. The summed E-state index contributed by atoms with van der Waals surface area (Å²) in [5.74, 6) is 0.983. The van der Waals surface area contributed by atoms with E-state index in [-0.39, 0.29) is 5.91 Å². The Labute approximate surface area is 105 Å². The average molecular weight is 248 g/mol. The Kier molecular flexibility index (Phi) is 4.46. The van der Waals surface area contributed by atoms with Crippen molar-refractivity contribution in [3.05, 3.63) is 30.6 Å². The van der Waals surface area contributed by atoms with Crippen molar-refractivity contribution in [3.8, 4) is 0 Å². The highest BCUT2D eigenvalue weighted by Crippen LogP contribution is 1.94. The van der Waals surface area contributed by atoms with Gasteiger partial charge in [0.2, 0.25) is 5.91 Å². The zero-order valence-electron chi connectivity index (χ0n) is 10.0. The number of carbonyl (C=O) groups excluding carboxylic acids is 1. The van der Waals surface area contributed by atoms with Gasteiger partial charge >= 0.3 is 0 Å². The highest BCUT2D eigenvalue weighted by Gasteiger charge is 2.02. The number of H-pyrrole nitrogens is 1. The number of aromatic nitrogens is 5. The van der Waals surface area contributed by atoms with Crippen LogP contribution in [-0.2, 0) is 17.8 Å². The highest BCUT2D eigenvalue weighted by molar-refractivity contribution is 5.75. The second-order valence-electron chi connectivity index (χ2n) is 3.91. The summed E-state index contributed by atoms with van der Waals surface area (Å²) >= 11 is 0. The Bertz CT molecular complexity index is 450. The SMILES string of the molecule is O=C(CCn1ccnn1)NCCCc1ncc[nH]1. The molecule has 0 unspecified atom stereocenters. The zero-order valence-corrected chi connectivity index (χ0v) is 10.0. The van der Waals surface area contributed by atoms with Crippen LogP contribution >= 0.6 is 0 Å². The molecule has 0 aliphatic carbocycles. The van der Waals surface area contributed by atoms with E-state index >= 15 is 0 Å². The fourth-order valence-electron chi connectivity index (χ4n) is 1.57. The van der Waals surface area contributed by atoms with Gasteiger partial charge < -0.3 is 10.3 Å². The molecule has 96 valence electrons. The second kappa shape index (κ2) is 6.53. The molecular weight excluding hydrogens is 232 g/mol. The molecule has 0 aliphatic heterocycles. The van der Waals surface area contributed by atoms with Crippen molar-refractivity contribution < 1.29 is 4.79 Å². The molecule has 0 saturated carbocycles. The lowest BCUT2D eigenvalue weighted by molar-refractivity contribution is -0.121. The number of hydrogen-bond acceptors (Lipinski definition) is 4. The Morgan fingerprint density at radius 1 is 1.44 bits per heavy atom. The Hall–Kier alpha value is -2.18. The quantitative estimate of drug-likeness (QED) is 0.682. The van der Waals surface area contributed by atoms with E-state index in [9.17, 15) is 4.79 Å². The van der Waals surface area contributed by atoms with E-state index in [4.69, 9.17) is 0 Å². The molecule has 2 rings (SSSR count). The topological polar surface area (TPSA) is 88.5 Å². The van der Waals surface area contributed by atoms with Crippen LogP contribution in [0.5, 0.6) is 0 Å². The number of aromatic amines is 1. The summed E-state index contributed by atoms with van der Waals surface area (Å²) < 4.78 is 1.64. The number of carbonyl (C=O) groups is 1. The molecule has 0 bridgehead atoms. The lowest BCUT2D eigenvalue weighted by atomic mass is 10.3. The van der Waals surface area contributed by atoms with Gasteiger partial charge in [-0.1, -0.05) is 5.21 Å². The van der Waals surface area contributed by atoms with Gasteiger partial charge in [-0.2, -0.15) is 0 Å². The molecule has 0 aliphatic rings. The van der Waals surface area contributed by atoms with Crippen LogP contribution in [-0.4, -0.2) is 37.4 Å². The van der Waals surface area contributed by atoms with Gasteiger partial charge in [0, 0.05) is 38.0 Å². The van der Waals surface area contributed by atoms with Crippen molar-refractivity contribution in [2.45, 2.75) is 25.8 Å². The lowest BCUT2D eigenvalue weighted by Gasteiger charge is -2.04. The van der Waals surface area contributed by atoms with Gasteiger partial charge in [0.15, 0.2) is 0 Å². The second-order valence-corrected chi connectivity index (χ2v) is 3.91. The smallest absolute Gasteiger partial charge is 0.221 e. The minimum atomic E-state index is 0.0324. The fourth-order valence-corrected chi connectivity index (χ4v) is 1.57. The molecule has 2 aromatic rings. The summed E-state index contributed by atoms with van der Waals surface area (Å²) in [6.07, 6.45) is 9.01. The first-order valence-electron chi connectivity index (χ1n) is 5.93. The third kappa shape index (κ3) is 4.00. The molecule has 0 saturated heterocycles. The van der Waals surface area contributed by atoms with Crippen LogP contribution in [0.25, 0.3) is 0 Å². The zero-order chi connectivity index (χ0) is 12.6. The summed E-state index contributed by atoms with van der Waals surface area (Å²) in [7, 11) is 0. The van der Waals surface area contributed by atoms with Crippen molar-refractivity contribution in [2.75, 3.05) is 6.54 Å². The normalized spacial score (nSPS) is 10.4. The predicted octanol–water partition coefficient (Wildman–Crippen LogP) is 0.140. The number of hydrogen-bond donors (Lipinski definition) is 2. The maximum atomic E-state index is 11.5. The third-order valence-electron chi connectivity index (χ3n) is 2.51. The van der Waals surface area contributed by atoms with Crippen molar-refractivity contribution in [3.63, 3.8) is 0 Å². The number of rotatable bonds is 7. The fraction of sp³-hybridized carbons (Fsp3) is 0.455. The van der Waals surface area contributed by atoms with Crippen LogP contribution in [0.15, 0.2) is 24.8 Å². The minimum Gasteiger partial charge on any atom is -0.356 e. The summed E-state index contributed by atoms with van der Waals surface area (Å²) in [4.78, 5) is 18.6. The van der Waals surface area contributed by atoms with Gasteiger partial charge in [-0.05, 0) is 6.42 Å². The summed E-state index contributed by atoms with van der Waals surface area (Å²) in [6, 6.07) is 0. The van der Waals surface area contributed by atoms with Crippen LogP contribution in [0.4, 0.5) is 0 Å². The molecule has 1 amide bonds. The van der Waals surface area contributed by atoms with Gasteiger partial charge in [-0.25, -0.2) is 4.98 Å². The van der Waals surface area contributed by atoms with Crippen molar-refractivity contribution in [1.82, 2.24) is 30.3 Å². The molecule has 0 atom stereocenters. The standard InChI is InChI=1S/C11H16N6O/c18-11(3-8-17-9-7-15-16-17)14-4-1-2-10-12-5-6-13-10/h5-7,9H,1-4,8H2,(H,12,13)(H,14,18). The molecule has 0 aromatic carbocycles. The van der Waals surface area contributed by atoms with Gasteiger partial charge in [0.1, 0.15) is 5.82 Å². The molecule has 2 N–H and O–H groups in total. The molecule has 2 aromatic heterocycles. The maximum Gasteiger partial charge on any atom is 0.221 e. The molecule has 7 heteroatoms. The Morgan fingerprint density at radius 3 is 3.11 bits per heavy atom. The molecule has 0 fully saturated rings. The van der Waals surface area contributed by atoms with Gasteiger partial charge in [0.05, 0.1) is 12.7 Å². The molecule has 0 spiro atoms. The first-order chi connectivity index (χ1) is 8.84. The van der Waals surface area contributed by atoms with Gasteiger partial charge in [0.25, 0.3) is 0 Å². The lowest BCUT2D eigenvalue weighted by Crippen LogP contribution is -2.25. The molecule has 7 nitrogen and oxygen atoms in total. The number of nitrogens with one attached hydrogen (secondary N) is 2. The summed E-state index contributed by atoms with van der Waals surface area (Å²) in [5, 5.41) is 10.3.